The lowest BCUT2D eigenvalue weighted by Crippen LogP contribution is -2.26. The highest BCUT2D eigenvalue weighted by molar-refractivity contribution is 4.54. The summed E-state index contributed by atoms with van der Waals surface area (Å²) in [5.74, 6) is 0. The monoisotopic (exact) mass is 186 g/mol. The molecule has 0 aliphatic carbocycles. The van der Waals surface area contributed by atoms with Crippen molar-refractivity contribution in [1.29, 1.82) is 0 Å². The van der Waals surface area contributed by atoms with Crippen LogP contribution >= 0.6 is 0 Å². The van der Waals surface area contributed by atoms with Crippen LogP contribution in [0.15, 0.2) is 0 Å². The van der Waals surface area contributed by atoms with Crippen LogP contribution in [-0.2, 0) is 0 Å². The minimum absolute atomic E-state index is 1.17. The molecule has 0 amide bonds. The van der Waals surface area contributed by atoms with Crippen LogP contribution in [0.4, 0.5) is 0 Å². The zero-order chi connectivity index (χ0) is 10.1. The molecular formula is C11H26N2. The highest BCUT2D eigenvalue weighted by Crippen LogP contribution is 1.94. The Morgan fingerprint density at radius 2 is 1.31 bits per heavy atom. The van der Waals surface area contributed by atoms with Crippen molar-refractivity contribution in [3.63, 3.8) is 0 Å². The van der Waals surface area contributed by atoms with E-state index in [9.17, 15) is 0 Å². The molecule has 80 valence electrons. The Bertz CT molecular complexity index is 104. The molecule has 0 atom stereocenters. The van der Waals surface area contributed by atoms with Crippen molar-refractivity contribution in [2.24, 2.45) is 0 Å². The lowest BCUT2D eigenvalue weighted by molar-refractivity contribution is 0.282. The van der Waals surface area contributed by atoms with Gasteiger partial charge in [-0.2, -0.15) is 0 Å². The summed E-state index contributed by atoms with van der Waals surface area (Å²) in [6, 6.07) is 0. The molecule has 0 bridgehead atoms. The average Bonchev–Trinajstić information content (AvgIpc) is 2.14. The third-order valence-electron chi connectivity index (χ3n) is 2.51. The van der Waals surface area contributed by atoms with Crippen LogP contribution < -0.4 is 0 Å². The molecule has 0 unspecified atom stereocenters. The molecule has 0 aromatic rings. The fourth-order valence-electron chi connectivity index (χ4n) is 1.31. The van der Waals surface area contributed by atoms with E-state index in [0.717, 1.165) is 0 Å². The first-order valence-corrected chi connectivity index (χ1v) is 5.57. The molecule has 0 aliphatic heterocycles. The lowest BCUT2D eigenvalue weighted by atomic mass is 10.3. The maximum atomic E-state index is 2.44. The van der Waals surface area contributed by atoms with Gasteiger partial charge in [0.05, 0.1) is 0 Å². The first-order chi connectivity index (χ1) is 6.20. The molecule has 0 aliphatic rings. The SMILES string of the molecule is CCCCN(C)CCCN(C)CC. The van der Waals surface area contributed by atoms with Crippen LogP contribution in [0, 0.1) is 0 Å². The molecule has 0 N–H and O–H groups in total. The summed E-state index contributed by atoms with van der Waals surface area (Å²) in [6.07, 6.45) is 3.93. The van der Waals surface area contributed by atoms with Gasteiger partial charge in [-0.3, -0.25) is 0 Å². The van der Waals surface area contributed by atoms with Crippen LogP contribution in [0.5, 0.6) is 0 Å². The third-order valence-corrected chi connectivity index (χ3v) is 2.51. The Balaban J connectivity index is 3.21. The molecule has 0 saturated heterocycles. The van der Waals surface area contributed by atoms with Crippen molar-refractivity contribution in [3.8, 4) is 0 Å². The largest absolute Gasteiger partial charge is 0.307 e. The molecule has 0 fully saturated rings. The van der Waals surface area contributed by atoms with Crippen LogP contribution in [0.2, 0.25) is 0 Å². The second kappa shape index (κ2) is 8.52. The van der Waals surface area contributed by atoms with Gasteiger partial charge in [-0.25, -0.2) is 0 Å². The molecule has 2 nitrogen and oxygen atoms in total. The predicted molar refractivity (Wildman–Crippen MR) is 60.2 cm³/mol. The van der Waals surface area contributed by atoms with Gasteiger partial charge in [-0.1, -0.05) is 20.3 Å². The second-order valence-electron chi connectivity index (χ2n) is 3.91. The van der Waals surface area contributed by atoms with E-state index in [1.165, 1.54) is 45.4 Å². The van der Waals surface area contributed by atoms with E-state index in [1.54, 1.807) is 0 Å². The predicted octanol–water partition coefficient (Wildman–Crippen LogP) is 2.06. The van der Waals surface area contributed by atoms with Crippen molar-refractivity contribution in [2.75, 3.05) is 40.3 Å². The third kappa shape index (κ3) is 8.26. The van der Waals surface area contributed by atoms with Crippen molar-refractivity contribution in [1.82, 2.24) is 9.80 Å². The van der Waals surface area contributed by atoms with Crippen molar-refractivity contribution in [2.45, 2.75) is 33.1 Å². The van der Waals surface area contributed by atoms with E-state index in [-0.39, 0.29) is 0 Å². The Morgan fingerprint density at radius 1 is 0.769 bits per heavy atom. The second-order valence-corrected chi connectivity index (χ2v) is 3.91. The van der Waals surface area contributed by atoms with Gasteiger partial charge in [0.25, 0.3) is 0 Å². The van der Waals surface area contributed by atoms with E-state index < -0.39 is 0 Å². The summed E-state index contributed by atoms with van der Waals surface area (Å²) in [4.78, 5) is 4.81. The molecular weight excluding hydrogens is 160 g/mol. The quantitative estimate of drug-likeness (QED) is 0.572. The Kier molecular flexibility index (Phi) is 8.46. The average molecular weight is 186 g/mol. The summed E-state index contributed by atoms with van der Waals surface area (Å²) >= 11 is 0. The number of hydrogen-bond donors (Lipinski definition) is 0. The van der Waals surface area contributed by atoms with Crippen LogP contribution in [0.3, 0.4) is 0 Å². The number of rotatable bonds is 8. The maximum Gasteiger partial charge on any atom is -0.000960 e. The summed E-state index contributed by atoms with van der Waals surface area (Å²) in [7, 11) is 4.41. The van der Waals surface area contributed by atoms with Crippen molar-refractivity contribution >= 4 is 0 Å². The molecule has 2 heteroatoms. The molecule has 0 aromatic carbocycles. The van der Waals surface area contributed by atoms with Crippen LogP contribution in [-0.4, -0.2) is 50.1 Å². The van der Waals surface area contributed by atoms with E-state index >= 15 is 0 Å². The van der Waals surface area contributed by atoms with Crippen molar-refractivity contribution in [3.05, 3.63) is 0 Å². The minimum Gasteiger partial charge on any atom is -0.307 e. The summed E-state index contributed by atoms with van der Waals surface area (Å²) in [5.41, 5.74) is 0. The van der Waals surface area contributed by atoms with Crippen molar-refractivity contribution < 1.29 is 0 Å². The molecule has 13 heavy (non-hydrogen) atoms. The molecule has 0 radical (unpaired) electrons. The van der Waals surface area contributed by atoms with E-state index in [0.29, 0.717) is 0 Å². The van der Waals surface area contributed by atoms with Crippen LogP contribution in [0.25, 0.3) is 0 Å². The molecule has 0 aromatic heterocycles. The van der Waals surface area contributed by atoms with E-state index in [1.807, 2.05) is 0 Å². The highest BCUT2D eigenvalue weighted by Gasteiger charge is 1.98. The Hall–Kier alpha value is -0.0800. The normalized spacial score (nSPS) is 11.5. The van der Waals surface area contributed by atoms with Gasteiger partial charge in [0, 0.05) is 0 Å². The van der Waals surface area contributed by atoms with Gasteiger partial charge in [0.15, 0.2) is 0 Å². The molecule has 0 heterocycles. The topological polar surface area (TPSA) is 6.48 Å². The van der Waals surface area contributed by atoms with Crippen LogP contribution in [0.1, 0.15) is 33.1 Å². The Labute approximate surface area is 83.9 Å². The summed E-state index contributed by atoms with van der Waals surface area (Å²) in [6.45, 7) is 9.35. The molecule has 0 rings (SSSR count). The fraction of sp³-hybridized carbons (Fsp3) is 1.00. The van der Waals surface area contributed by atoms with Gasteiger partial charge in [-0.05, 0) is 53.1 Å². The molecule has 0 spiro atoms. The van der Waals surface area contributed by atoms with Gasteiger partial charge in [-0.15, -0.1) is 0 Å². The first-order valence-electron chi connectivity index (χ1n) is 5.57. The van der Waals surface area contributed by atoms with E-state index in [2.05, 4.69) is 37.7 Å². The van der Waals surface area contributed by atoms with Gasteiger partial charge in [0.1, 0.15) is 0 Å². The minimum atomic E-state index is 1.17. The Morgan fingerprint density at radius 3 is 1.85 bits per heavy atom. The maximum absolute atomic E-state index is 2.44. The lowest BCUT2D eigenvalue weighted by Gasteiger charge is -2.18. The van der Waals surface area contributed by atoms with Gasteiger partial charge < -0.3 is 9.80 Å². The number of unbranched alkanes of at least 4 members (excludes halogenated alkanes) is 1. The zero-order valence-electron chi connectivity index (χ0n) is 9.84. The molecule has 0 saturated carbocycles. The van der Waals surface area contributed by atoms with E-state index in [4.69, 9.17) is 0 Å². The van der Waals surface area contributed by atoms with Gasteiger partial charge in [0.2, 0.25) is 0 Å². The fourth-order valence-corrected chi connectivity index (χ4v) is 1.31. The summed E-state index contributed by atoms with van der Waals surface area (Å²) in [5, 5.41) is 0. The van der Waals surface area contributed by atoms with Gasteiger partial charge >= 0.3 is 0 Å². The smallest absolute Gasteiger partial charge is 0.000960 e. The number of nitrogens with zero attached hydrogens (tertiary/aromatic N) is 2. The highest BCUT2D eigenvalue weighted by atomic mass is 15.1. The zero-order valence-corrected chi connectivity index (χ0v) is 9.84. The first kappa shape index (κ1) is 12.9. The number of hydrogen-bond acceptors (Lipinski definition) is 2. The summed E-state index contributed by atoms with van der Waals surface area (Å²) < 4.78 is 0. The standard InChI is InChI=1S/C11H26N2/c1-5-7-9-13(4)11-8-10-12(3)6-2/h5-11H2,1-4H3.